The molecule has 1 heterocycles. The van der Waals surface area contributed by atoms with Gasteiger partial charge >= 0.3 is 0 Å². The van der Waals surface area contributed by atoms with Crippen LogP contribution in [0.15, 0.2) is 18.3 Å². The zero-order valence-corrected chi connectivity index (χ0v) is 10.4. The van der Waals surface area contributed by atoms with Crippen molar-refractivity contribution in [3.05, 3.63) is 27.5 Å². The van der Waals surface area contributed by atoms with E-state index in [1.165, 1.54) is 20.0 Å². The van der Waals surface area contributed by atoms with Crippen molar-refractivity contribution in [1.82, 2.24) is 4.98 Å². The van der Waals surface area contributed by atoms with Crippen molar-refractivity contribution >= 4 is 33.5 Å². The van der Waals surface area contributed by atoms with Crippen molar-refractivity contribution in [3.63, 3.8) is 0 Å². The van der Waals surface area contributed by atoms with Crippen LogP contribution in [0.25, 0.3) is 10.9 Å². The quantitative estimate of drug-likeness (QED) is 0.844. The van der Waals surface area contributed by atoms with E-state index in [2.05, 4.69) is 46.6 Å². The van der Waals surface area contributed by atoms with Crippen LogP contribution < -0.4 is 4.74 Å². The summed E-state index contributed by atoms with van der Waals surface area (Å²) in [5.74, 6) is 0.945. The molecule has 74 valence electrons. The zero-order chi connectivity index (χ0) is 10.1. The predicted molar refractivity (Wildman–Crippen MR) is 66.9 cm³/mol. The monoisotopic (exact) mass is 301 g/mol. The highest BCUT2D eigenvalue weighted by molar-refractivity contribution is 14.1. The van der Waals surface area contributed by atoms with Crippen LogP contribution in [0.3, 0.4) is 0 Å². The van der Waals surface area contributed by atoms with Gasteiger partial charge in [-0.1, -0.05) is 6.07 Å². The van der Waals surface area contributed by atoms with E-state index >= 15 is 0 Å². The third-order valence-electron chi connectivity index (χ3n) is 2.25. The first-order chi connectivity index (χ1) is 6.74. The molecule has 0 aliphatic heterocycles. The van der Waals surface area contributed by atoms with Gasteiger partial charge in [0, 0.05) is 15.2 Å². The summed E-state index contributed by atoms with van der Waals surface area (Å²) in [5, 5.41) is 1.17. The first-order valence-electron chi connectivity index (χ1n) is 4.63. The number of nitrogens with one attached hydrogen (secondary N) is 1. The Labute approximate surface area is 96.8 Å². The molecule has 0 spiro atoms. The van der Waals surface area contributed by atoms with Crippen molar-refractivity contribution in [1.29, 1.82) is 0 Å². The van der Waals surface area contributed by atoms with E-state index in [-0.39, 0.29) is 0 Å². The molecule has 2 nitrogen and oxygen atoms in total. The molecule has 0 saturated carbocycles. The van der Waals surface area contributed by atoms with E-state index in [9.17, 15) is 0 Å². The third-order valence-corrected chi connectivity index (χ3v) is 3.64. The minimum absolute atomic E-state index is 0.706. The number of ether oxygens (including phenoxy) is 1. The first kappa shape index (κ1) is 9.83. The average Bonchev–Trinajstić information content (AvgIpc) is 2.57. The molecular weight excluding hydrogens is 289 g/mol. The summed E-state index contributed by atoms with van der Waals surface area (Å²) >= 11 is 2.36. The number of halogens is 1. The molecule has 1 aromatic heterocycles. The van der Waals surface area contributed by atoms with Gasteiger partial charge in [0.1, 0.15) is 5.75 Å². The van der Waals surface area contributed by atoms with Gasteiger partial charge in [-0.2, -0.15) is 0 Å². The molecule has 0 radical (unpaired) electrons. The van der Waals surface area contributed by atoms with E-state index < -0.39 is 0 Å². The Morgan fingerprint density at radius 1 is 1.43 bits per heavy atom. The van der Waals surface area contributed by atoms with Crippen LogP contribution in [0, 0.1) is 10.5 Å². The van der Waals surface area contributed by atoms with Crippen LogP contribution in [0.2, 0.25) is 0 Å². The zero-order valence-electron chi connectivity index (χ0n) is 8.23. The van der Waals surface area contributed by atoms with Gasteiger partial charge < -0.3 is 9.72 Å². The molecule has 2 aromatic rings. The lowest BCUT2D eigenvalue weighted by Crippen LogP contribution is -1.89. The van der Waals surface area contributed by atoms with Crippen LogP contribution in [-0.2, 0) is 0 Å². The molecule has 0 aliphatic rings. The summed E-state index contributed by atoms with van der Waals surface area (Å²) in [7, 11) is 0. The number of rotatable bonds is 2. The van der Waals surface area contributed by atoms with Crippen molar-refractivity contribution in [2.24, 2.45) is 0 Å². The number of hydrogen-bond donors (Lipinski definition) is 1. The Kier molecular flexibility index (Phi) is 2.67. The number of benzene rings is 1. The Morgan fingerprint density at radius 3 is 2.93 bits per heavy atom. The summed E-state index contributed by atoms with van der Waals surface area (Å²) in [6.45, 7) is 4.82. The van der Waals surface area contributed by atoms with Crippen LogP contribution in [0.1, 0.15) is 12.5 Å². The van der Waals surface area contributed by atoms with E-state index in [1.54, 1.807) is 0 Å². The van der Waals surface area contributed by atoms with Crippen molar-refractivity contribution in [2.45, 2.75) is 13.8 Å². The molecule has 14 heavy (non-hydrogen) atoms. The van der Waals surface area contributed by atoms with Crippen molar-refractivity contribution in [2.75, 3.05) is 6.61 Å². The van der Waals surface area contributed by atoms with Crippen LogP contribution in [-0.4, -0.2) is 11.6 Å². The minimum Gasteiger partial charge on any atom is -0.492 e. The number of aryl methyl sites for hydroxylation is 1. The normalized spacial score (nSPS) is 10.8. The van der Waals surface area contributed by atoms with Gasteiger partial charge in [0.2, 0.25) is 0 Å². The van der Waals surface area contributed by atoms with E-state index in [1.807, 2.05) is 13.1 Å². The maximum Gasteiger partial charge on any atom is 0.144 e. The van der Waals surface area contributed by atoms with E-state index in [0.29, 0.717) is 6.61 Å². The fraction of sp³-hybridized carbons (Fsp3) is 0.273. The molecule has 3 heteroatoms. The lowest BCUT2D eigenvalue weighted by atomic mass is 10.2. The second-order valence-electron chi connectivity index (χ2n) is 3.20. The molecule has 2 rings (SSSR count). The van der Waals surface area contributed by atoms with Gasteiger partial charge in [-0.25, -0.2) is 0 Å². The smallest absolute Gasteiger partial charge is 0.144 e. The van der Waals surface area contributed by atoms with Gasteiger partial charge in [0.05, 0.1) is 12.1 Å². The second-order valence-corrected chi connectivity index (χ2v) is 4.28. The lowest BCUT2D eigenvalue weighted by molar-refractivity contribution is 0.344. The van der Waals surface area contributed by atoms with Gasteiger partial charge in [0.15, 0.2) is 0 Å². The standard InChI is InChI=1S/C11H12INO/c1-3-14-9-6-13-11-8(9)5-4-7(2)10(11)12/h4-6,13H,3H2,1-2H3. The molecule has 0 saturated heterocycles. The van der Waals surface area contributed by atoms with Crippen molar-refractivity contribution in [3.8, 4) is 5.75 Å². The number of aromatic nitrogens is 1. The van der Waals surface area contributed by atoms with Gasteiger partial charge in [-0.3, -0.25) is 0 Å². The molecule has 0 atom stereocenters. The van der Waals surface area contributed by atoms with Crippen molar-refractivity contribution < 1.29 is 4.74 Å². The highest BCUT2D eigenvalue weighted by Gasteiger charge is 2.08. The lowest BCUT2D eigenvalue weighted by Gasteiger charge is -2.02. The van der Waals surface area contributed by atoms with Crippen LogP contribution >= 0.6 is 22.6 Å². The number of H-pyrrole nitrogens is 1. The van der Waals surface area contributed by atoms with E-state index in [4.69, 9.17) is 4.74 Å². The van der Waals surface area contributed by atoms with Gasteiger partial charge in [-0.05, 0) is 48.1 Å². The summed E-state index contributed by atoms with van der Waals surface area (Å²) in [4.78, 5) is 3.25. The maximum atomic E-state index is 5.52. The maximum absolute atomic E-state index is 5.52. The average molecular weight is 301 g/mol. The molecule has 0 unspecified atom stereocenters. The Morgan fingerprint density at radius 2 is 2.21 bits per heavy atom. The Bertz CT molecular complexity index is 462. The Balaban J connectivity index is 2.64. The van der Waals surface area contributed by atoms with Crippen LogP contribution in [0.5, 0.6) is 5.75 Å². The fourth-order valence-corrected chi connectivity index (χ4v) is 2.14. The molecule has 0 fully saturated rings. The molecule has 0 aliphatic carbocycles. The fourth-order valence-electron chi connectivity index (χ4n) is 1.52. The SMILES string of the molecule is CCOc1c[nH]c2c(I)c(C)ccc12. The number of hydrogen-bond acceptors (Lipinski definition) is 1. The summed E-state index contributed by atoms with van der Waals surface area (Å²) in [5.41, 5.74) is 2.47. The minimum atomic E-state index is 0.706. The Hall–Kier alpha value is -0.710. The first-order valence-corrected chi connectivity index (χ1v) is 5.71. The number of aromatic amines is 1. The molecule has 1 aromatic carbocycles. The number of fused-ring (bicyclic) bond motifs is 1. The largest absolute Gasteiger partial charge is 0.492 e. The van der Waals surface area contributed by atoms with E-state index in [0.717, 1.165) is 5.75 Å². The third kappa shape index (κ3) is 1.49. The van der Waals surface area contributed by atoms with Gasteiger partial charge in [0.25, 0.3) is 0 Å². The molecule has 0 amide bonds. The second kappa shape index (κ2) is 3.81. The van der Waals surface area contributed by atoms with Crippen LogP contribution in [0.4, 0.5) is 0 Å². The highest BCUT2D eigenvalue weighted by Crippen LogP contribution is 2.30. The highest BCUT2D eigenvalue weighted by atomic mass is 127. The summed E-state index contributed by atoms with van der Waals surface area (Å²) in [6, 6.07) is 4.23. The van der Waals surface area contributed by atoms with Gasteiger partial charge in [-0.15, -0.1) is 0 Å². The molecule has 1 N–H and O–H groups in total. The molecule has 0 bridgehead atoms. The topological polar surface area (TPSA) is 25.0 Å². The molecular formula is C11H12INO. The summed E-state index contributed by atoms with van der Waals surface area (Å²) < 4.78 is 6.79. The summed E-state index contributed by atoms with van der Waals surface area (Å²) in [6.07, 6.45) is 1.93. The predicted octanol–water partition coefficient (Wildman–Crippen LogP) is 3.48.